The van der Waals surface area contributed by atoms with Crippen LogP contribution in [0.3, 0.4) is 0 Å². The largest absolute Gasteiger partial charge is 0.382 e. The number of nitrogens with zero attached hydrogens (tertiary/aromatic N) is 5. The minimum absolute atomic E-state index is 0.0217. The average Bonchev–Trinajstić information content (AvgIpc) is 3.20. The highest BCUT2D eigenvalue weighted by molar-refractivity contribution is 5.99. The molecule has 4 aromatic rings. The number of carbonyl (C=O) groups excluding carboxylic acids is 1. The summed E-state index contributed by atoms with van der Waals surface area (Å²) in [5, 5.41) is 9.62. The SMILES string of the molecule is COCc1c(-c2ccc(NC(=O)Nc3cc(C)ccn3)c(F)c2)c2c(N)ncnn2c1CN1CCOCC1. The fraction of sp³-hybridized carbons (Fsp3) is 0.308. The van der Waals surface area contributed by atoms with Gasteiger partial charge in [-0.15, -0.1) is 0 Å². The number of amides is 2. The van der Waals surface area contributed by atoms with E-state index in [1.54, 1.807) is 30.0 Å². The number of urea groups is 1. The second-order valence-electron chi connectivity index (χ2n) is 9.02. The normalized spacial score (nSPS) is 14.1. The Balaban J connectivity index is 1.50. The summed E-state index contributed by atoms with van der Waals surface area (Å²) in [7, 11) is 1.61. The number of nitrogens with one attached hydrogen (secondary N) is 2. The lowest BCUT2D eigenvalue weighted by molar-refractivity contribution is 0.0331. The first-order valence-corrected chi connectivity index (χ1v) is 12.2. The molecule has 0 bridgehead atoms. The zero-order chi connectivity index (χ0) is 26.6. The Labute approximate surface area is 218 Å². The number of halogens is 1. The van der Waals surface area contributed by atoms with E-state index < -0.39 is 11.8 Å². The van der Waals surface area contributed by atoms with Crippen LogP contribution in [-0.2, 0) is 22.6 Å². The Morgan fingerprint density at radius 1 is 1.18 bits per heavy atom. The second kappa shape index (κ2) is 11.1. The molecule has 12 heteroatoms. The smallest absolute Gasteiger partial charge is 0.324 e. The van der Waals surface area contributed by atoms with Crippen molar-refractivity contribution in [1.82, 2.24) is 24.5 Å². The van der Waals surface area contributed by atoms with Crippen LogP contribution >= 0.6 is 0 Å². The number of aromatic nitrogens is 4. The third-order valence-corrected chi connectivity index (χ3v) is 6.39. The minimum atomic E-state index is -0.609. The third-order valence-electron chi connectivity index (χ3n) is 6.39. The van der Waals surface area contributed by atoms with Crippen LogP contribution in [0.2, 0.25) is 0 Å². The van der Waals surface area contributed by atoms with Crippen LogP contribution in [-0.4, -0.2) is 63.9 Å². The van der Waals surface area contributed by atoms with E-state index in [-0.39, 0.29) is 18.1 Å². The molecule has 0 saturated carbocycles. The zero-order valence-corrected chi connectivity index (χ0v) is 21.2. The van der Waals surface area contributed by atoms with Crippen LogP contribution in [0.4, 0.5) is 26.5 Å². The molecule has 11 nitrogen and oxygen atoms in total. The van der Waals surface area contributed by atoms with E-state index in [0.29, 0.717) is 42.2 Å². The topological polar surface area (TPSA) is 132 Å². The van der Waals surface area contributed by atoms with E-state index in [4.69, 9.17) is 15.2 Å². The van der Waals surface area contributed by atoms with Gasteiger partial charge in [0.25, 0.3) is 0 Å². The molecule has 5 rings (SSSR count). The zero-order valence-electron chi connectivity index (χ0n) is 21.2. The molecule has 4 heterocycles. The van der Waals surface area contributed by atoms with Crippen LogP contribution in [0.15, 0.2) is 42.9 Å². The van der Waals surface area contributed by atoms with Crippen LogP contribution in [0.5, 0.6) is 0 Å². The Kier molecular flexibility index (Phi) is 7.45. The molecule has 0 aliphatic carbocycles. The van der Waals surface area contributed by atoms with Crippen molar-refractivity contribution < 1.29 is 18.7 Å². The quantitative estimate of drug-likeness (QED) is 0.338. The lowest BCUT2D eigenvalue weighted by Crippen LogP contribution is -2.36. The lowest BCUT2D eigenvalue weighted by atomic mass is 10.0. The highest BCUT2D eigenvalue weighted by Crippen LogP contribution is 2.37. The average molecular weight is 521 g/mol. The molecule has 0 atom stereocenters. The van der Waals surface area contributed by atoms with Crippen molar-refractivity contribution in [1.29, 1.82) is 0 Å². The number of aryl methyl sites for hydroxylation is 1. The number of rotatable bonds is 7. The molecule has 3 aromatic heterocycles. The summed E-state index contributed by atoms with van der Waals surface area (Å²) in [5.74, 6) is 0.0308. The third kappa shape index (κ3) is 5.28. The summed E-state index contributed by atoms with van der Waals surface area (Å²) in [6.07, 6.45) is 2.99. The van der Waals surface area contributed by atoms with Crippen molar-refractivity contribution in [3.63, 3.8) is 0 Å². The van der Waals surface area contributed by atoms with Gasteiger partial charge in [0.1, 0.15) is 23.5 Å². The first kappa shape index (κ1) is 25.5. The predicted molar refractivity (Wildman–Crippen MR) is 141 cm³/mol. The van der Waals surface area contributed by atoms with Gasteiger partial charge in [0.2, 0.25) is 0 Å². The number of methoxy groups -OCH3 is 1. The minimum Gasteiger partial charge on any atom is -0.382 e. The molecule has 1 saturated heterocycles. The fourth-order valence-corrected chi connectivity index (χ4v) is 4.61. The number of ether oxygens (including phenoxy) is 2. The van der Waals surface area contributed by atoms with Gasteiger partial charge >= 0.3 is 6.03 Å². The van der Waals surface area contributed by atoms with Crippen molar-refractivity contribution in [3.05, 3.63) is 65.5 Å². The van der Waals surface area contributed by atoms with Crippen LogP contribution in [0.1, 0.15) is 16.8 Å². The first-order chi connectivity index (χ1) is 18.4. The van der Waals surface area contributed by atoms with Crippen molar-refractivity contribution in [2.75, 3.05) is 49.8 Å². The number of nitrogen functional groups attached to an aromatic ring is 1. The molecule has 1 fully saturated rings. The first-order valence-electron chi connectivity index (χ1n) is 12.2. The van der Waals surface area contributed by atoms with Crippen LogP contribution in [0.25, 0.3) is 16.6 Å². The van der Waals surface area contributed by atoms with Gasteiger partial charge in [-0.3, -0.25) is 10.2 Å². The molecular weight excluding hydrogens is 491 g/mol. The summed E-state index contributed by atoms with van der Waals surface area (Å²) < 4.78 is 28.1. The van der Waals surface area contributed by atoms with Crippen LogP contribution in [0, 0.1) is 12.7 Å². The Morgan fingerprint density at radius 3 is 2.74 bits per heavy atom. The molecule has 198 valence electrons. The number of benzene rings is 1. The molecule has 1 aromatic carbocycles. The summed E-state index contributed by atoms with van der Waals surface area (Å²) in [5.41, 5.74) is 10.8. The molecule has 1 aliphatic heterocycles. The van der Waals surface area contributed by atoms with E-state index in [1.165, 1.54) is 18.5 Å². The van der Waals surface area contributed by atoms with E-state index >= 15 is 4.39 Å². The van der Waals surface area contributed by atoms with Gasteiger partial charge in [0, 0.05) is 44.1 Å². The summed E-state index contributed by atoms with van der Waals surface area (Å²) >= 11 is 0. The maximum atomic E-state index is 15.3. The number of anilines is 3. The summed E-state index contributed by atoms with van der Waals surface area (Å²) in [4.78, 5) is 23.0. The van der Waals surface area contributed by atoms with Crippen molar-refractivity contribution in [3.8, 4) is 11.1 Å². The number of pyridine rings is 1. The van der Waals surface area contributed by atoms with Gasteiger partial charge in [-0.1, -0.05) is 6.07 Å². The molecule has 2 amide bonds. The molecule has 1 aliphatic rings. The Hall–Kier alpha value is -4.13. The van der Waals surface area contributed by atoms with Crippen LogP contribution < -0.4 is 16.4 Å². The van der Waals surface area contributed by atoms with E-state index in [0.717, 1.165) is 29.9 Å². The number of hydrogen-bond acceptors (Lipinski definition) is 8. The van der Waals surface area contributed by atoms with E-state index in [2.05, 4.69) is 30.6 Å². The summed E-state index contributed by atoms with van der Waals surface area (Å²) in [6.45, 7) is 5.62. The Bertz CT molecular complexity index is 1470. The van der Waals surface area contributed by atoms with E-state index in [9.17, 15) is 4.79 Å². The number of carbonyl (C=O) groups is 1. The van der Waals surface area contributed by atoms with Crippen molar-refractivity contribution in [2.24, 2.45) is 0 Å². The van der Waals surface area contributed by atoms with Gasteiger partial charge in [0.15, 0.2) is 5.82 Å². The van der Waals surface area contributed by atoms with Gasteiger partial charge in [-0.25, -0.2) is 23.7 Å². The maximum Gasteiger partial charge on any atom is 0.324 e. The van der Waals surface area contributed by atoms with Gasteiger partial charge in [-0.05, 0) is 42.3 Å². The highest BCUT2D eigenvalue weighted by Gasteiger charge is 2.25. The lowest BCUT2D eigenvalue weighted by Gasteiger charge is -2.26. The number of nitrogens with two attached hydrogens (primary N) is 1. The monoisotopic (exact) mass is 520 g/mol. The number of fused-ring (bicyclic) bond motifs is 1. The maximum absolute atomic E-state index is 15.3. The molecule has 0 radical (unpaired) electrons. The summed E-state index contributed by atoms with van der Waals surface area (Å²) in [6, 6.07) is 7.53. The van der Waals surface area contributed by atoms with E-state index in [1.807, 2.05) is 13.0 Å². The van der Waals surface area contributed by atoms with Gasteiger partial charge < -0.3 is 20.5 Å². The highest BCUT2D eigenvalue weighted by atomic mass is 19.1. The van der Waals surface area contributed by atoms with Gasteiger partial charge in [-0.2, -0.15) is 5.10 Å². The molecule has 0 unspecified atom stereocenters. The van der Waals surface area contributed by atoms with Gasteiger partial charge in [0.05, 0.1) is 31.2 Å². The second-order valence-corrected chi connectivity index (χ2v) is 9.02. The molecule has 4 N–H and O–H groups in total. The predicted octanol–water partition coefficient (Wildman–Crippen LogP) is 3.44. The fourth-order valence-electron chi connectivity index (χ4n) is 4.61. The number of hydrogen-bond donors (Lipinski definition) is 3. The molecule has 0 spiro atoms. The number of morpholine rings is 1. The molecule has 38 heavy (non-hydrogen) atoms. The van der Waals surface area contributed by atoms with Crippen molar-refractivity contribution in [2.45, 2.75) is 20.1 Å². The van der Waals surface area contributed by atoms with Crippen molar-refractivity contribution >= 4 is 28.9 Å². The molecular formula is C26H29FN8O3. The Morgan fingerprint density at radius 2 is 2.00 bits per heavy atom. The standard InChI is InChI=1S/C26H29FN8O3/c1-16-5-6-29-22(11-16)33-26(36)32-20-4-3-17(12-19(20)27)23-18(14-37-2)21(13-34-7-9-38-10-8-34)35-24(23)25(28)30-15-31-35/h3-6,11-12,15H,7-10,13-14H2,1-2H3,(H2,28,30,31)(H2,29,32,33,36).